The van der Waals surface area contributed by atoms with Crippen molar-refractivity contribution in [3.05, 3.63) is 11.3 Å². The molecule has 1 rings (SSSR count). The smallest absolute Gasteiger partial charge is 0.246 e. The quantitative estimate of drug-likeness (QED) is 0.817. The van der Waals surface area contributed by atoms with Crippen LogP contribution in [0.2, 0.25) is 0 Å². The van der Waals surface area contributed by atoms with Crippen molar-refractivity contribution in [1.82, 2.24) is 5.16 Å². The van der Waals surface area contributed by atoms with Crippen molar-refractivity contribution in [3.63, 3.8) is 0 Å². The van der Waals surface area contributed by atoms with Crippen molar-refractivity contribution in [3.8, 4) is 0 Å². The van der Waals surface area contributed by atoms with E-state index in [1.54, 1.807) is 0 Å². The van der Waals surface area contributed by atoms with Gasteiger partial charge in [-0.05, 0) is 26.7 Å². The molecule has 0 saturated heterocycles. The number of anilines is 1. The molecule has 5 nitrogen and oxygen atoms in total. The van der Waals surface area contributed by atoms with E-state index >= 15 is 0 Å². The molecule has 5 heteroatoms. The van der Waals surface area contributed by atoms with E-state index in [-0.39, 0.29) is 5.91 Å². The Balaban J connectivity index is 2.82. The first kappa shape index (κ1) is 12.7. The largest absolute Gasteiger partial charge is 0.338 e. The van der Waals surface area contributed by atoms with E-state index in [1.165, 1.54) is 0 Å². The lowest BCUT2D eigenvalue weighted by Gasteiger charge is -2.24. The molecule has 0 atom stereocenters. The molecule has 0 aliphatic carbocycles. The summed E-state index contributed by atoms with van der Waals surface area (Å²) >= 11 is 0. The van der Waals surface area contributed by atoms with Crippen LogP contribution in [0.3, 0.4) is 0 Å². The molecule has 0 saturated carbocycles. The Morgan fingerprint density at radius 3 is 2.38 bits per heavy atom. The van der Waals surface area contributed by atoms with Crippen molar-refractivity contribution >= 4 is 11.8 Å². The third-order valence-corrected chi connectivity index (χ3v) is 3.10. The van der Waals surface area contributed by atoms with Crippen LogP contribution in [-0.4, -0.2) is 16.6 Å². The average molecular weight is 225 g/mol. The van der Waals surface area contributed by atoms with E-state index in [1.807, 2.05) is 27.7 Å². The number of amides is 1. The predicted molar refractivity (Wildman–Crippen MR) is 62.1 cm³/mol. The van der Waals surface area contributed by atoms with Crippen molar-refractivity contribution in [2.45, 2.75) is 46.1 Å². The highest BCUT2D eigenvalue weighted by Crippen LogP contribution is 2.20. The van der Waals surface area contributed by atoms with Crippen molar-refractivity contribution in [2.24, 2.45) is 5.73 Å². The Hall–Kier alpha value is -1.36. The minimum atomic E-state index is -0.840. The summed E-state index contributed by atoms with van der Waals surface area (Å²) < 4.78 is 5.01. The summed E-state index contributed by atoms with van der Waals surface area (Å²) in [6.07, 6.45) is 1.17. The van der Waals surface area contributed by atoms with Crippen LogP contribution in [0.25, 0.3) is 0 Å². The predicted octanol–water partition coefficient (Wildman–Crippen LogP) is 1.75. The lowest BCUT2D eigenvalue weighted by Crippen LogP contribution is -2.50. The minimum absolute atomic E-state index is 0.225. The van der Waals surface area contributed by atoms with E-state index in [2.05, 4.69) is 10.5 Å². The first-order valence-electron chi connectivity index (χ1n) is 5.47. The molecular weight excluding hydrogens is 206 g/mol. The van der Waals surface area contributed by atoms with Gasteiger partial charge in [0.1, 0.15) is 0 Å². The maximum atomic E-state index is 11.9. The summed E-state index contributed by atoms with van der Waals surface area (Å²) in [7, 11) is 0. The van der Waals surface area contributed by atoms with Gasteiger partial charge in [-0.1, -0.05) is 19.0 Å². The summed E-state index contributed by atoms with van der Waals surface area (Å²) in [5.74, 6) is 0.163. The second-order valence-corrected chi connectivity index (χ2v) is 4.04. The fourth-order valence-electron chi connectivity index (χ4n) is 1.33. The van der Waals surface area contributed by atoms with Crippen LogP contribution in [0.1, 0.15) is 37.9 Å². The number of nitrogens with zero attached hydrogens (tertiary/aromatic N) is 1. The molecule has 0 aliphatic heterocycles. The highest BCUT2D eigenvalue weighted by molar-refractivity contribution is 5.97. The Kier molecular flexibility index (Phi) is 3.70. The molecule has 0 spiro atoms. The maximum absolute atomic E-state index is 11.9. The van der Waals surface area contributed by atoms with Crippen LogP contribution in [0, 0.1) is 13.8 Å². The first-order chi connectivity index (χ1) is 7.44. The van der Waals surface area contributed by atoms with Crippen LogP contribution in [-0.2, 0) is 4.79 Å². The second kappa shape index (κ2) is 4.65. The normalized spacial score (nSPS) is 11.6. The van der Waals surface area contributed by atoms with E-state index in [4.69, 9.17) is 10.3 Å². The zero-order valence-electron chi connectivity index (χ0n) is 10.3. The fraction of sp³-hybridized carbons (Fsp3) is 0.636. The highest BCUT2D eigenvalue weighted by Gasteiger charge is 2.31. The molecule has 16 heavy (non-hydrogen) atoms. The number of aryl methyl sites for hydroxylation is 1. The standard InChI is InChI=1S/C11H19N3O2/c1-5-11(12,6-2)10(15)13-9-7(3)8(4)14-16-9/h5-6,12H2,1-4H3,(H,13,15). The van der Waals surface area contributed by atoms with Crippen LogP contribution in [0.15, 0.2) is 4.52 Å². The third-order valence-electron chi connectivity index (χ3n) is 3.10. The minimum Gasteiger partial charge on any atom is -0.338 e. The Morgan fingerprint density at radius 1 is 1.44 bits per heavy atom. The Morgan fingerprint density at radius 2 is 2.00 bits per heavy atom. The van der Waals surface area contributed by atoms with Gasteiger partial charge in [-0.25, -0.2) is 0 Å². The lowest BCUT2D eigenvalue weighted by molar-refractivity contribution is -0.121. The zero-order chi connectivity index (χ0) is 12.3. The van der Waals surface area contributed by atoms with Gasteiger partial charge in [-0.2, -0.15) is 0 Å². The Bertz CT molecular complexity index is 381. The number of rotatable bonds is 4. The number of carbonyl (C=O) groups excluding carboxylic acids is 1. The van der Waals surface area contributed by atoms with Gasteiger partial charge < -0.3 is 10.3 Å². The summed E-state index contributed by atoms with van der Waals surface area (Å²) in [5.41, 5.74) is 6.74. The molecule has 1 aromatic rings. The zero-order valence-corrected chi connectivity index (χ0v) is 10.3. The summed E-state index contributed by atoms with van der Waals surface area (Å²) in [5, 5.41) is 6.45. The summed E-state index contributed by atoms with van der Waals surface area (Å²) in [6, 6.07) is 0. The van der Waals surface area contributed by atoms with Gasteiger partial charge >= 0.3 is 0 Å². The van der Waals surface area contributed by atoms with E-state index in [9.17, 15) is 4.79 Å². The van der Waals surface area contributed by atoms with Gasteiger partial charge in [0, 0.05) is 5.56 Å². The first-order valence-corrected chi connectivity index (χ1v) is 5.47. The van der Waals surface area contributed by atoms with Gasteiger partial charge in [-0.15, -0.1) is 0 Å². The van der Waals surface area contributed by atoms with Crippen LogP contribution >= 0.6 is 0 Å². The van der Waals surface area contributed by atoms with Gasteiger partial charge in [0.2, 0.25) is 11.8 Å². The second-order valence-electron chi connectivity index (χ2n) is 4.04. The molecule has 0 radical (unpaired) electrons. The van der Waals surface area contributed by atoms with Crippen LogP contribution < -0.4 is 11.1 Å². The molecule has 1 heterocycles. The molecule has 0 fully saturated rings. The number of nitrogens with two attached hydrogens (primary N) is 1. The fourth-order valence-corrected chi connectivity index (χ4v) is 1.33. The van der Waals surface area contributed by atoms with Crippen molar-refractivity contribution in [1.29, 1.82) is 0 Å². The summed E-state index contributed by atoms with van der Waals surface area (Å²) in [4.78, 5) is 11.9. The molecule has 1 amide bonds. The van der Waals surface area contributed by atoms with Gasteiger partial charge in [0.15, 0.2) is 0 Å². The molecule has 0 aliphatic rings. The molecule has 0 aromatic carbocycles. The number of carbonyl (C=O) groups is 1. The number of hydrogen-bond acceptors (Lipinski definition) is 4. The monoisotopic (exact) mass is 225 g/mol. The molecule has 1 aromatic heterocycles. The van der Waals surface area contributed by atoms with Crippen molar-refractivity contribution < 1.29 is 9.32 Å². The van der Waals surface area contributed by atoms with Crippen LogP contribution in [0.5, 0.6) is 0 Å². The maximum Gasteiger partial charge on any atom is 0.246 e. The van der Waals surface area contributed by atoms with Gasteiger partial charge in [-0.3, -0.25) is 10.1 Å². The topological polar surface area (TPSA) is 81.2 Å². The van der Waals surface area contributed by atoms with Gasteiger partial charge in [0.25, 0.3) is 0 Å². The number of aromatic nitrogens is 1. The van der Waals surface area contributed by atoms with Gasteiger partial charge in [0.05, 0.1) is 11.2 Å². The van der Waals surface area contributed by atoms with E-state index in [0.29, 0.717) is 18.7 Å². The highest BCUT2D eigenvalue weighted by atomic mass is 16.5. The van der Waals surface area contributed by atoms with Crippen molar-refractivity contribution in [2.75, 3.05) is 5.32 Å². The molecular formula is C11H19N3O2. The summed E-state index contributed by atoms with van der Waals surface area (Å²) in [6.45, 7) is 7.45. The Labute approximate surface area is 95.4 Å². The molecule has 3 N–H and O–H groups in total. The number of nitrogens with one attached hydrogen (secondary N) is 1. The average Bonchev–Trinajstić information content (AvgIpc) is 2.59. The van der Waals surface area contributed by atoms with E-state index in [0.717, 1.165) is 11.3 Å². The lowest BCUT2D eigenvalue weighted by atomic mass is 9.93. The molecule has 0 bridgehead atoms. The van der Waals surface area contributed by atoms with Crippen LogP contribution in [0.4, 0.5) is 5.88 Å². The van der Waals surface area contributed by atoms with E-state index < -0.39 is 5.54 Å². The molecule has 90 valence electrons. The third kappa shape index (κ3) is 2.24. The SMILES string of the molecule is CCC(N)(CC)C(=O)Nc1onc(C)c1C. The molecule has 0 unspecified atom stereocenters. The number of hydrogen-bond donors (Lipinski definition) is 2.